The average Bonchev–Trinajstić information content (AvgIpc) is 3.08. The molecular formula is C40H48N2O3. The van der Waals surface area contributed by atoms with Gasteiger partial charge in [-0.25, -0.2) is 0 Å². The Bertz CT molecular complexity index is 1310. The molecule has 0 fully saturated rings. The van der Waals surface area contributed by atoms with Crippen LogP contribution >= 0.6 is 0 Å². The lowest BCUT2D eigenvalue weighted by atomic mass is 9.76. The molecule has 0 aromatic heterocycles. The summed E-state index contributed by atoms with van der Waals surface area (Å²) in [7, 11) is 0. The number of carbonyl (C=O) groups excluding carboxylic acids is 2. The van der Waals surface area contributed by atoms with Gasteiger partial charge in [0.2, 0.25) is 11.8 Å². The van der Waals surface area contributed by atoms with Crippen molar-refractivity contribution in [2.45, 2.75) is 88.8 Å². The quantitative estimate of drug-likeness (QED) is 0.0804. The number of benzene rings is 4. The number of aliphatic hydroxyl groups is 1. The van der Waals surface area contributed by atoms with Gasteiger partial charge in [-0.05, 0) is 47.9 Å². The number of nitrogens with one attached hydrogen (secondary N) is 2. The summed E-state index contributed by atoms with van der Waals surface area (Å²) in [6.45, 7) is 2.17. The molecule has 0 spiro atoms. The Hall–Kier alpha value is -4.22. The van der Waals surface area contributed by atoms with E-state index in [2.05, 4.69) is 29.7 Å². The number of aliphatic hydroxyl groups excluding tert-OH is 1. The number of carbonyl (C=O) groups is 2. The summed E-state index contributed by atoms with van der Waals surface area (Å²) in [4.78, 5) is 27.2. The first kappa shape index (κ1) is 33.7. The Morgan fingerprint density at radius 2 is 1.13 bits per heavy atom. The molecule has 4 aromatic rings. The first-order valence-corrected chi connectivity index (χ1v) is 16.5. The zero-order valence-electron chi connectivity index (χ0n) is 26.5. The maximum Gasteiger partial charge on any atom is 0.223 e. The molecule has 0 radical (unpaired) electrons. The van der Waals surface area contributed by atoms with E-state index >= 15 is 0 Å². The van der Waals surface area contributed by atoms with Gasteiger partial charge in [0, 0.05) is 12.8 Å². The number of hydrogen-bond donors (Lipinski definition) is 3. The van der Waals surface area contributed by atoms with E-state index in [1.54, 1.807) is 0 Å². The summed E-state index contributed by atoms with van der Waals surface area (Å²) in [5.41, 5.74) is 3.01. The number of amides is 2. The first-order chi connectivity index (χ1) is 22.0. The second-order valence-electron chi connectivity index (χ2n) is 11.9. The van der Waals surface area contributed by atoms with E-state index in [1.807, 2.05) is 109 Å². The standard InChI is InChI=1S/C40H48N2O3/c1-2-3-4-5-18-30-38(44)41-36(37(43)29-19-22-32-20-10-6-11-21-32)31-39(45)42-40(33-23-12-7-13-24-33,34-25-14-8-15-26-34)35-27-16-9-17-28-35/h6-17,20-21,23-28,36-37,43H,2-5,18-19,22,29-31H2,1H3,(H,41,44)(H,42,45). The van der Waals surface area contributed by atoms with Gasteiger partial charge in [-0.15, -0.1) is 0 Å². The van der Waals surface area contributed by atoms with E-state index in [0.717, 1.165) is 61.6 Å². The Morgan fingerprint density at radius 3 is 1.64 bits per heavy atom. The molecule has 3 N–H and O–H groups in total. The Labute approximate surface area is 269 Å². The van der Waals surface area contributed by atoms with Crippen molar-refractivity contribution in [1.82, 2.24) is 10.6 Å². The van der Waals surface area contributed by atoms with Gasteiger partial charge in [-0.1, -0.05) is 154 Å². The molecule has 2 atom stereocenters. The first-order valence-electron chi connectivity index (χ1n) is 16.5. The van der Waals surface area contributed by atoms with Crippen LogP contribution in [0.25, 0.3) is 0 Å². The molecule has 5 heteroatoms. The molecule has 45 heavy (non-hydrogen) atoms. The van der Waals surface area contributed by atoms with E-state index in [-0.39, 0.29) is 18.2 Å². The van der Waals surface area contributed by atoms with Crippen LogP contribution in [-0.4, -0.2) is 29.1 Å². The molecule has 4 rings (SSSR count). The average molecular weight is 605 g/mol. The zero-order valence-corrected chi connectivity index (χ0v) is 26.5. The minimum absolute atomic E-state index is 0.0394. The Balaban J connectivity index is 1.57. The van der Waals surface area contributed by atoms with Crippen molar-refractivity contribution in [3.8, 4) is 0 Å². The molecule has 0 aliphatic heterocycles. The van der Waals surface area contributed by atoms with Gasteiger partial charge < -0.3 is 15.7 Å². The minimum atomic E-state index is -0.965. The lowest BCUT2D eigenvalue weighted by molar-refractivity contribution is -0.125. The second kappa shape index (κ2) is 17.9. The van der Waals surface area contributed by atoms with Crippen LogP contribution in [-0.2, 0) is 21.5 Å². The molecule has 0 heterocycles. The van der Waals surface area contributed by atoms with Crippen LogP contribution in [0.2, 0.25) is 0 Å². The van der Waals surface area contributed by atoms with Gasteiger partial charge in [0.05, 0.1) is 12.1 Å². The van der Waals surface area contributed by atoms with Crippen molar-refractivity contribution in [2.75, 3.05) is 0 Å². The van der Waals surface area contributed by atoms with Gasteiger partial charge in [-0.3, -0.25) is 9.59 Å². The Kier molecular flexibility index (Phi) is 13.4. The maximum absolute atomic E-state index is 14.1. The minimum Gasteiger partial charge on any atom is -0.391 e. The predicted octanol–water partition coefficient (Wildman–Crippen LogP) is 7.71. The SMILES string of the molecule is CCCCCCCC(=O)NC(CC(=O)NC(c1ccccc1)(c1ccccc1)c1ccccc1)C(O)CCCc1ccccc1. The maximum atomic E-state index is 14.1. The number of aryl methyl sites for hydroxylation is 1. The topological polar surface area (TPSA) is 78.4 Å². The molecule has 0 saturated carbocycles. The van der Waals surface area contributed by atoms with Gasteiger partial charge >= 0.3 is 0 Å². The van der Waals surface area contributed by atoms with Crippen molar-refractivity contribution in [3.63, 3.8) is 0 Å². The van der Waals surface area contributed by atoms with E-state index in [9.17, 15) is 14.7 Å². The fourth-order valence-electron chi connectivity index (χ4n) is 6.05. The number of hydrogen-bond acceptors (Lipinski definition) is 3. The highest BCUT2D eigenvalue weighted by molar-refractivity contribution is 5.81. The third-order valence-electron chi connectivity index (χ3n) is 8.48. The molecule has 5 nitrogen and oxygen atoms in total. The lowest BCUT2D eigenvalue weighted by Crippen LogP contribution is -2.51. The van der Waals surface area contributed by atoms with Crippen LogP contribution in [0.15, 0.2) is 121 Å². The van der Waals surface area contributed by atoms with Gasteiger partial charge in [0.1, 0.15) is 5.54 Å². The van der Waals surface area contributed by atoms with E-state index in [1.165, 1.54) is 5.56 Å². The van der Waals surface area contributed by atoms with Crippen LogP contribution in [0, 0.1) is 0 Å². The molecule has 0 bridgehead atoms. The van der Waals surface area contributed by atoms with Crippen molar-refractivity contribution in [2.24, 2.45) is 0 Å². The largest absolute Gasteiger partial charge is 0.391 e. The third-order valence-corrected chi connectivity index (χ3v) is 8.48. The Morgan fingerprint density at radius 1 is 0.644 bits per heavy atom. The predicted molar refractivity (Wildman–Crippen MR) is 183 cm³/mol. The van der Waals surface area contributed by atoms with Crippen molar-refractivity contribution in [1.29, 1.82) is 0 Å². The van der Waals surface area contributed by atoms with Crippen LogP contribution in [0.4, 0.5) is 0 Å². The van der Waals surface area contributed by atoms with Crippen molar-refractivity contribution in [3.05, 3.63) is 144 Å². The molecule has 236 valence electrons. The van der Waals surface area contributed by atoms with Crippen molar-refractivity contribution >= 4 is 11.8 Å². The number of rotatable bonds is 18. The molecule has 0 aliphatic rings. The normalized spacial score (nSPS) is 12.7. The zero-order chi connectivity index (χ0) is 31.7. The highest BCUT2D eigenvalue weighted by atomic mass is 16.3. The molecule has 2 amide bonds. The van der Waals surface area contributed by atoms with Gasteiger partial charge in [-0.2, -0.15) is 0 Å². The fraction of sp³-hybridized carbons (Fsp3) is 0.350. The van der Waals surface area contributed by atoms with Gasteiger partial charge in [0.15, 0.2) is 0 Å². The van der Waals surface area contributed by atoms with Crippen LogP contribution < -0.4 is 10.6 Å². The molecule has 2 unspecified atom stereocenters. The summed E-state index contributed by atoms with van der Waals surface area (Å²) in [5.74, 6) is -0.367. The smallest absolute Gasteiger partial charge is 0.223 e. The molecular weight excluding hydrogens is 556 g/mol. The van der Waals surface area contributed by atoms with E-state index < -0.39 is 17.7 Å². The monoisotopic (exact) mass is 604 g/mol. The summed E-state index contributed by atoms with van der Waals surface area (Å²) in [5, 5.41) is 17.8. The fourth-order valence-corrected chi connectivity index (χ4v) is 6.05. The third kappa shape index (κ3) is 9.89. The van der Waals surface area contributed by atoms with Crippen LogP contribution in [0.5, 0.6) is 0 Å². The number of unbranched alkanes of at least 4 members (excludes halogenated alkanes) is 4. The molecule has 0 aliphatic carbocycles. The van der Waals surface area contributed by atoms with E-state index in [4.69, 9.17) is 0 Å². The van der Waals surface area contributed by atoms with Gasteiger partial charge in [0.25, 0.3) is 0 Å². The van der Waals surface area contributed by atoms with Crippen LogP contribution in [0.1, 0.15) is 87.0 Å². The lowest BCUT2D eigenvalue weighted by Gasteiger charge is -2.37. The second-order valence-corrected chi connectivity index (χ2v) is 11.9. The summed E-state index contributed by atoms with van der Waals surface area (Å²) < 4.78 is 0. The summed E-state index contributed by atoms with van der Waals surface area (Å²) in [6.07, 6.45) is 6.76. The summed E-state index contributed by atoms with van der Waals surface area (Å²) >= 11 is 0. The van der Waals surface area contributed by atoms with Crippen LogP contribution in [0.3, 0.4) is 0 Å². The highest BCUT2D eigenvalue weighted by Gasteiger charge is 2.38. The highest BCUT2D eigenvalue weighted by Crippen LogP contribution is 2.37. The van der Waals surface area contributed by atoms with E-state index in [0.29, 0.717) is 12.8 Å². The summed E-state index contributed by atoms with van der Waals surface area (Å²) in [6, 6.07) is 39.3. The molecule has 0 saturated heterocycles. The van der Waals surface area contributed by atoms with Crippen molar-refractivity contribution < 1.29 is 14.7 Å². The molecule has 4 aromatic carbocycles.